The van der Waals surface area contributed by atoms with Crippen LogP contribution in [0.4, 0.5) is 4.39 Å². The third-order valence-electron chi connectivity index (χ3n) is 3.26. The molecule has 0 aliphatic rings. The van der Waals surface area contributed by atoms with Gasteiger partial charge in [-0.3, -0.25) is 0 Å². The Labute approximate surface area is 153 Å². The largest absolute Gasteiger partial charge is 0.465 e. The van der Waals surface area contributed by atoms with Gasteiger partial charge in [0.25, 0.3) is 0 Å². The van der Waals surface area contributed by atoms with Crippen LogP contribution in [0.5, 0.6) is 0 Å². The second kappa shape index (κ2) is 7.90. The number of methoxy groups -OCH3 is 1. The number of thiophene rings is 1. The molecule has 0 saturated heterocycles. The standard InChI is InChI=1S/C15H20BrFN2O3SSi/c1-21-15(20)13-11(16)7-12(23-13)10-8-19(18-14(10)17)9-22-5-6-24(2,3)4/h7-8H,5-6,9H2,1-4H3. The van der Waals surface area contributed by atoms with E-state index >= 15 is 0 Å². The third-order valence-corrected chi connectivity index (χ3v) is 7.00. The van der Waals surface area contributed by atoms with Gasteiger partial charge in [-0.1, -0.05) is 19.6 Å². The molecule has 2 heterocycles. The lowest BCUT2D eigenvalue weighted by Crippen LogP contribution is -2.22. The van der Waals surface area contributed by atoms with Gasteiger partial charge in [-0.15, -0.1) is 16.4 Å². The summed E-state index contributed by atoms with van der Waals surface area (Å²) in [6, 6.07) is 2.73. The molecule has 0 amide bonds. The van der Waals surface area contributed by atoms with Crippen molar-refractivity contribution in [1.29, 1.82) is 0 Å². The maximum Gasteiger partial charge on any atom is 0.349 e. The van der Waals surface area contributed by atoms with Gasteiger partial charge in [0, 0.05) is 30.2 Å². The second-order valence-corrected chi connectivity index (χ2v) is 14.0. The molecule has 0 aliphatic carbocycles. The predicted octanol–water partition coefficient (Wildman–Crippen LogP) is 4.61. The summed E-state index contributed by atoms with van der Waals surface area (Å²) < 4.78 is 26.4. The van der Waals surface area contributed by atoms with Crippen molar-refractivity contribution in [3.63, 3.8) is 0 Å². The van der Waals surface area contributed by atoms with E-state index in [2.05, 4.69) is 40.7 Å². The van der Waals surface area contributed by atoms with Gasteiger partial charge < -0.3 is 9.47 Å². The number of carbonyl (C=O) groups excluding carboxylic acids is 1. The Kier molecular flexibility index (Phi) is 6.35. The molecule has 0 aliphatic heterocycles. The number of esters is 1. The van der Waals surface area contributed by atoms with Gasteiger partial charge in [0.05, 0.1) is 12.7 Å². The molecule has 24 heavy (non-hydrogen) atoms. The van der Waals surface area contributed by atoms with Gasteiger partial charge in [-0.05, 0) is 28.0 Å². The molecule has 9 heteroatoms. The number of aromatic nitrogens is 2. The second-order valence-electron chi connectivity index (χ2n) is 6.50. The normalized spacial score (nSPS) is 11.8. The monoisotopic (exact) mass is 434 g/mol. The first kappa shape index (κ1) is 19.3. The number of ether oxygens (including phenoxy) is 2. The van der Waals surface area contributed by atoms with Crippen molar-refractivity contribution in [3.05, 3.63) is 27.6 Å². The molecular formula is C15H20BrFN2O3SSi. The number of hydrogen-bond donors (Lipinski definition) is 0. The molecule has 0 bridgehead atoms. The minimum Gasteiger partial charge on any atom is -0.465 e. The molecule has 0 unspecified atom stereocenters. The lowest BCUT2D eigenvalue weighted by molar-refractivity contribution is 0.0605. The summed E-state index contributed by atoms with van der Waals surface area (Å²) in [5, 5.41) is 3.84. The first-order valence-electron chi connectivity index (χ1n) is 7.40. The van der Waals surface area contributed by atoms with Crippen LogP contribution >= 0.6 is 27.3 Å². The van der Waals surface area contributed by atoms with Crippen LogP contribution in [-0.4, -0.2) is 37.5 Å². The van der Waals surface area contributed by atoms with Crippen LogP contribution in [0.25, 0.3) is 10.4 Å². The molecular weight excluding hydrogens is 415 g/mol. The average Bonchev–Trinajstić information content (AvgIpc) is 3.05. The van der Waals surface area contributed by atoms with Gasteiger partial charge in [-0.25, -0.2) is 9.48 Å². The van der Waals surface area contributed by atoms with Gasteiger partial charge >= 0.3 is 5.97 Å². The van der Waals surface area contributed by atoms with Gasteiger partial charge in [0.15, 0.2) is 0 Å². The maximum absolute atomic E-state index is 14.1. The van der Waals surface area contributed by atoms with Gasteiger partial charge in [0.2, 0.25) is 5.95 Å². The van der Waals surface area contributed by atoms with Crippen molar-refractivity contribution < 1.29 is 18.7 Å². The Bertz CT molecular complexity index is 727. The van der Waals surface area contributed by atoms with Gasteiger partial charge in [-0.2, -0.15) is 4.39 Å². The van der Waals surface area contributed by atoms with Crippen molar-refractivity contribution in [2.75, 3.05) is 13.7 Å². The number of halogens is 2. The van der Waals surface area contributed by atoms with E-state index < -0.39 is 20.0 Å². The molecule has 0 N–H and O–H groups in total. The Hall–Kier alpha value is -1.03. The lowest BCUT2D eigenvalue weighted by Gasteiger charge is -2.15. The summed E-state index contributed by atoms with van der Waals surface area (Å²) in [5.74, 6) is -1.05. The van der Waals surface area contributed by atoms with E-state index in [9.17, 15) is 9.18 Å². The Morgan fingerprint density at radius 1 is 1.46 bits per heavy atom. The lowest BCUT2D eigenvalue weighted by atomic mass is 10.3. The summed E-state index contributed by atoms with van der Waals surface area (Å²) in [6.45, 7) is 7.67. The fourth-order valence-electron chi connectivity index (χ4n) is 1.90. The van der Waals surface area contributed by atoms with Gasteiger partial charge in [0.1, 0.15) is 11.6 Å². The van der Waals surface area contributed by atoms with E-state index in [0.717, 1.165) is 17.4 Å². The first-order valence-corrected chi connectivity index (χ1v) is 12.7. The average molecular weight is 435 g/mol. The molecule has 0 spiro atoms. The number of rotatable bonds is 7. The molecule has 2 rings (SSSR count). The molecule has 5 nitrogen and oxygen atoms in total. The van der Waals surface area contributed by atoms with E-state index in [4.69, 9.17) is 9.47 Å². The summed E-state index contributed by atoms with van der Waals surface area (Å²) in [4.78, 5) is 12.7. The third kappa shape index (κ3) is 4.98. The number of hydrogen-bond acceptors (Lipinski definition) is 5. The molecule has 2 aromatic rings. The van der Waals surface area contributed by atoms with Crippen LogP contribution < -0.4 is 0 Å². The smallest absolute Gasteiger partial charge is 0.349 e. The number of carbonyl (C=O) groups is 1. The molecule has 132 valence electrons. The molecule has 0 radical (unpaired) electrons. The highest BCUT2D eigenvalue weighted by Crippen LogP contribution is 2.36. The van der Waals surface area contributed by atoms with Crippen molar-refractivity contribution in [3.8, 4) is 10.4 Å². The van der Waals surface area contributed by atoms with Crippen LogP contribution in [-0.2, 0) is 16.2 Å². The minimum absolute atomic E-state index is 0.206. The highest BCUT2D eigenvalue weighted by atomic mass is 79.9. The quantitative estimate of drug-likeness (QED) is 0.362. The zero-order valence-corrected chi connectivity index (χ0v) is 17.5. The van der Waals surface area contributed by atoms with Crippen LogP contribution in [0.15, 0.2) is 16.7 Å². The molecule has 0 saturated carbocycles. The van der Waals surface area contributed by atoms with Crippen molar-refractivity contribution in [2.45, 2.75) is 32.4 Å². The highest BCUT2D eigenvalue weighted by molar-refractivity contribution is 9.10. The molecule has 2 aromatic heterocycles. The van der Waals surface area contributed by atoms with Crippen molar-refractivity contribution >= 4 is 41.3 Å². The maximum atomic E-state index is 14.1. The van der Waals surface area contributed by atoms with E-state index in [1.54, 1.807) is 12.3 Å². The SMILES string of the molecule is COC(=O)c1sc(-c2cn(COCC[Si](C)(C)C)nc2F)cc1Br. The van der Waals surface area contributed by atoms with Crippen LogP contribution in [0.1, 0.15) is 9.67 Å². The summed E-state index contributed by atoms with van der Waals surface area (Å²) in [7, 11) is 0.162. The van der Waals surface area contributed by atoms with Crippen LogP contribution in [0, 0.1) is 5.95 Å². The molecule has 0 atom stereocenters. The zero-order chi connectivity index (χ0) is 17.9. The van der Waals surface area contributed by atoms with Crippen molar-refractivity contribution in [1.82, 2.24) is 9.78 Å². The van der Waals surface area contributed by atoms with Crippen molar-refractivity contribution in [2.24, 2.45) is 0 Å². The zero-order valence-electron chi connectivity index (χ0n) is 14.1. The summed E-state index contributed by atoms with van der Waals surface area (Å²) >= 11 is 4.45. The van der Waals surface area contributed by atoms with E-state index in [1.165, 1.54) is 11.8 Å². The number of nitrogens with zero attached hydrogens (tertiary/aromatic N) is 2. The van der Waals surface area contributed by atoms with Crippen LogP contribution in [0.3, 0.4) is 0 Å². The fourth-order valence-corrected chi connectivity index (χ4v) is 4.41. The van der Waals surface area contributed by atoms with E-state index in [0.29, 0.717) is 26.4 Å². The minimum atomic E-state index is -1.15. The summed E-state index contributed by atoms with van der Waals surface area (Å²) in [5.41, 5.74) is 0.338. The first-order chi connectivity index (χ1) is 11.2. The van der Waals surface area contributed by atoms with Crippen LogP contribution in [0.2, 0.25) is 25.7 Å². The Morgan fingerprint density at radius 3 is 2.79 bits per heavy atom. The highest BCUT2D eigenvalue weighted by Gasteiger charge is 2.20. The van der Waals surface area contributed by atoms with E-state index in [-0.39, 0.29) is 6.73 Å². The molecule has 0 fully saturated rings. The van der Waals surface area contributed by atoms with E-state index in [1.807, 2.05) is 0 Å². The molecule has 0 aromatic carbocycles. The Balaban J connectivity index is 2.08. The fraction of sp³-hybridized carbons (Fsp3) is 0.467. The predicted molar refractivity (Wildman–Crippen MR) is 98.6 cm³/mol. The Morgan fingerprint density at radius 2 is 2.17 bits per heavy atom. The topological polar surface area (TPSA) is 53.4 Å². The summed E-state index contributed by atoms with van der Waals surface area (Å²) in [6.07, 6.45) is 1.59.